The molecule has 12 heteroatoms. The number of fused-ring (bicyclic) bond motifs is 1. The summed E-state index contributed by atoms with van der Waals surface area (Å²) >= 11 is 0. The summed E-state index contributed by atoms with van der Waals surface area (Å²) in [5.74, 6) is -0.224. The molecule has 0 unspecified atom stereocenters. The van der Waals surface area contributed by atoms with Crippen LogP contribution in [0, 0.1) is 11.8 Å². The average Bonchev–Trinajstić information content (AvgIpc) is 3.51. The first-order valence-electron chi connectivity index (χ1n) is 12.2. The van der Waals surface area contributed by atoms with Crippen molar-refractivity contribution in [2.45, 2.75) is 49.2 Å². The third-order valence-electron chi connectivity index (χ3n) is 7.48. The summed E-state index contributed by atoms with van der Waals surface area (Å²) in [6.07, 6.45) is -9.46. The average molecular weight is 537 g/mol. The number of hydrogen-bond acceptors (Lipinski definition) is 12. The molecule has 2 aromatic carbocycles. The normalized spacial score (nSPS) is 36.7. The number of aliphatic hydroxyl groups excluding tert-OH is 4. The van der Waals surface area contributed by atoms with Crippen molar-refractivity contribution in [3.05, 3.63) is 47.5 Å². The van der Waals surface area contributed by atoms with Crippen LogP contribution in [-0.2, 0) is 18.9 Å². The predicted molar refractivity (Wildman–Crippen MR) is 127 cm³/mol. The van der Waals surface area contributed by atoms with Crippen molar-refractivity contribution < 1.29 is 59.1 Å². The van der Waals surface area contributed by atoms with E-state index in [0.717, 1.165) is 0 Å². The van der Waals surface area contributed by atoms with Crippen LogP contribution >= 0.6 is 0 Å². The van der Waals surface area contributed by atoms with Crippen LogP contribution in [0.2, 0.25) is 0 Å². The van der Waals surface area contributed by atoms with Gasteiger partial charge in [-0.2, -0.15) is 0 Å². The molecule has 3 fully saturated rings. The Morgan fingerprint density at radius 2 is 1.39 bits per heavy atom. The van der Waals surface area contributed by atoms with Gasteiger partial charge in [-0.05, 0) is 35.4 Å². The molecule has 2 aromatic rings. The molecule has 0 aliphatic carbocycles. The fourth-order valence-corrected chi connectivity index (χ4v) is 5.45. The number of ether oxygens (including phenoxy) is 6. The first kappa shape index (κ1) is 26.9. The molecule has 0 saturated carbocycles. The Hall–Kier alpha value is -2.68. The number of phenols is 2. The van der Waals surface area contributed by atoms with Crippen molar-refractivity contribution in [1.82, 2.24) is 0 Å². The smallest absolute Gasteiger partial charge is 0.189 e. The van der Waals surface area contributed by atoms with E-state index >= 15 is 0 Å². The summed E-state index contributed by atoms with van der Waals surface area (Å²) in [6.45, 7) is -0.321. The van der Waals surface area contributed by atoms with Crippen molar-refractivity contribution in [1.29, 1.82) is 0 Å². The van der Waals surface area contributed by atoms with Gasteiger partial charge in [0, 0.05) is 11.8 Å². The van der Waals surface area contributed by atoms with Gasteiger partial charge in [-0.15, -0.1) is 0 Å². The zero-order chi connectivity index (χ0) is 27.1. The maximum Gasteiger partial charge on any atom is 0.189 e. The molecular formula is C26H32O12. The van der Waals surface area contributed by atoms with Crippen LogP contribution < -0.4 is 9.47 Å². The van der Waals surface area contributed by atoms with Gasteiger partial charge in [0.25, 0.3) is 0 Å². The predicted octanol–water partition coefficient (Wildman–Crippen LogP) is 0.333. The van der Waals surface area contributed by atoms with Gasteiger partial charge in [0.2, 0.25) is 0 Å². The van der Waals surface area contributed by atoms with Gasteiger partial charge in [-0.1, -0.05) is 12.1 Å². The van der Waals surface area contributed by atoms with E-state index in [9.17, 15) is 30.6 Å². The minimum absolute atomic E-state index is 0.0309. The van der Waals surface area contributed by atoms with Gasteiger partial charge < -0.3 is 59.1 Å². The number of benzene rings is 2. The number of methoxy groups -OCH3 is 2. The van der Waals surface area contributed by atoms with Crippen LogP contribution in [0.15, 0.2) is 36.4 Å². The molecule has 3 saturated heterocycles. The van der Waals surface area contributed by atoms with E-state index in [1.165, 1.54) is 26.4 Å². The summed E-state index contributed by atoms with van der Waals surface area (Å²) in [5.41, 5.74) is 1.39. The van der Waals surface area contributed by atoms with E-state index in [0.29, 0.717) is 11.1 Å². The monoisotopic (exact) mass is 536 g/mol. The number of hydrogen-bond donors (Lipinski definition) is 6. The summed E-state index contributed by atoms with van der Waals surface area (Å²) < 4.78 is 34.7. The number of aliphatic hydroxyl groups is 4. The largest absolute Gasteiger partial charge is 0.504 e. The molecule has 10 atom stereocenters. The van der Waals surface area contributed by atoms with Crippen molar-refractivity contribution in [3.63, 3.8) is 0 Å². The Morgan fingerprint density at radius 1 is 0.789 bits per heavy atom. The van der Waals surface area contributed by atoms with Crippen molar-refractivity contribution >= 4 is 0 Å². The van der Waals surface area contributed by atoms with Gasteiger partial charge in [-0.25, -0.2) is 0 Å². The lowest BCUT2D eigenvalue weighted by atomic mass is 9.84. The van der Waals surface area contributed by atoms with Crippen molar-refractivity contribution in [3.8, 4) is 23.0 Å². The van der Waals surface area contributed by atoms with Crippen LogP contribution in [0.1, 0.15) is 23.3 Å². The number of phenolic OH excluding ortho intramolecular Hbond substituents is 2. The summed E-state index contributed by atoms with van der Waals surface area (Å²) in [7, 11) is 2.88. The second kappa shape index (κ2) is 10.8. The lowest BCUT2D eigenvalue weighted by molar-refractivity contribution is -0.341. The van der Waals surface area contributed by atoms with Crippen LogP contribution in [0.25, 0.3) is 0 Å². The molecule has 0 radical (unpaired) electrons. The summed E-state index contributed by atoms with van der Waals surface area (Å²) in [4.78, 5) is 0. The Labute approximate surface area is 218 Å². The Balaban J connectivity index is 1.48. The zero-order valence-corrected chi connectivity index (χ0v) is 20.8. The van der Waals surface area contributed by atoms with Gasteiger partial charge in [0.05, 0.1) is 39.6 Å². The second-order valence-corrected chi connectivity index (χ2v) is 9.62. The fourth-order valence-electron chi connectivity index (χ4n) is 5.45. The fraction of sp³-hybridized carbons (Fsp3) is 0.538. The highest BCUT2D eigenvalue weighted by Crippen LogP contribution is 2.55. The van der Waals surface area contributed by atoms with Crippen LogP contribution in [0.3, 0.4) is 0 Å². The third kappa shape index (κ3) is 4.67. The Morgan fingerprint density at radius 3 is 1.97 bits per heavy atom. The molecule has 208 valence electrons. The summed E-state index contributed by atoms with van der Waals surface area (Å²) in [6, 6.07) is 9.71. The van der Waals surface area contributed by atoms with Crippen LogP contribution in [0.4, 0.5) is 0 Å². The van der Waals surface area contributed by atoms with E-state index in [1.54, 1.807) is 24.3 Å². The maximum absolute atomic E-state index is 10.6. The van der Waals surface area contributed by atoms with E-state index in [-0.39, 0.29) is 35.5 Å². The van der Waals surface area contributed by atoms with Crippen LogP contribution in [-0.4, -0.2) is 95.1 Å². The van der Waals surface area contributed by atoms with Gasteiger partial charge >= 0.3 is 0 Å². The number of aromatic hydroxyl groups is 2. The van der Waals surface area contributed by atoms with Gasteiger partial charge in [0.1, 0.15) is 24.4 Å². The Kier molecular flexibility index (Phi) is 7.67. The number of rotatable bonds is 7. The minimum atomic E-state index is -1.61. The lowest BCUT2D eigenvalue weighted by Crippen LogP contribution is -2.60. The third-order valence-corrected chi connectivity index (χ3v) is 7.48. The lowest BCUT2D eigenvalue weighted by Gasteiger charge is -2.41. The molecule has 5 rings (SSSR count). The van der Waals surface area contributed by atoms with Crippen LogP contribution in [0.5, 0.6) is 23.0 Å². The molecular weight excluding hydrogens is 504 g/mol. The summed E-state index contributed by atoms with van der Waals surface area (Å²) in [5, 5.41) is 60.7. The second-order valence-electron chi connectivity index (χ2n) is 9.62. The molecule has 0 amide bonds. The van der Waals surface area contributed by atoms with E-state index in [1.807, 2.05) is 0 Å². The highest BCUT2D eigenvalue weighted by Gasteiger charge is 2.56. The van der Waals surface area contributed by atoms with Crippen molar-refractivity contribution in [2.75, 3.05) is 27.4 Å². The highest BCUT2D eigenvalue weighted by atomic mass is 16.8. The zero-order valence-electron chi connectivity index (χ0n) is 20.8. The quantitative estimate of drug-likeness (QED) is 0.286. The minimum Gasteiger partial charge on any atom is -0.504 e. The topological polar surface area (TPSA) is 177 Å². The van der Waals surface area contributed by atoms with Crippen molar-refractivity contribution in [2.24, 2.45) is 11.8 Å². The highest BCUT2D eigenvalue weighted by molar-refractivity contribution is 5.44. The molecule has 0 bridgehead atoms. The molecule has 38 heavy (non-hydrogen) atoms. The van der Waals surface area contributed by atoms with Gasteiger partial charge in [-0.3, -0.25) is 0 Å². The first-order valence-corrected chi connectivity index (χ1v) is 12.2. The SMILES string of the molecule is COc1cc([C@H]2O[C@@H](O[C@@H]3O[C@H](CO)[C@@H](O)[C@H](O)[C@H]3O)[C@H]3[C@@H]2CO[C@@H]3c2ccc(O)c(OC)c2)ccc1O. The molecule has 3 heterocycles. The molecule has 6 N–H and O–H groups in total. The molecule has 3 aliphatic rings. The molecule has 3 aliphatic heterocycles. The standard InChI is InChI=1S/C26H32O12/c1-33-16-7-11(3-5-14(16)28)23-13-10-35-24(12-4-6-15(29)17(8-12)34-2)19(13)25(37-23)38-26-22(32)21(31)20(30)18(9-27)36-26/h3-8,13,18-32H,9-10H2,1-2H3/t13-,18+,19-,20+,21-,22+,23+,24+,25-,26-/m0/s1. The molecule has 0 spiro atoms. The van der Waals surface area contributed by atoms with E-state index in [4.69, 9.17) is 28.4 Å². The molecule has 12 nitrogen and oxygen atoms in total. The van der Waals surface area contributed by atoms with E-state index < -0.39 is 61.7 Å². The Bertz CT molecular complexity index is 1070. The van der Waals surface area contributed by atoms with E-state index in [2.05, 4.69) is 0 Å². The van der Waals surface area contributed by atoms with Gasteiger partial charge in [0.15, 0.2) is 35.6 Å². The first-order chi connectivity index (χ1) is 18.3. The molecule has 0 aromatic heterocycles. The maximum atomic E-state index is 10.6.